The third-order valence-electron chi connectivity index (χ3n) is 2.89. The lowest BCUT2D eigenvalue weighted by molar-refractivity contribution is -0.140. The molecule has 3 nitrogen and oxygen atoms in total. The van der Waals surface area contributed by atoms with Gasteiger partial charge < -0.3 is 9.84 Å². The fourth-order valence-corrected chi connectivity index (χ4v) is 2.13. The first kappa shape index (κ1) is 11.2. The lowest BCUT2D eigenvalue weighted by atomic mass is 9.95. The summed E-state index contributed by atoms with van der Waals surface area (Å²) in [5.41, 5.74) is -0.690. The van der Waals surface area contributed by atoms with Gasteiger partial charge in [0.2, 0.25) is 0 Å². The van der Waals surface area contributed by atoms with Crippen molar-refractivity contribution in [1.29, 1.82) is 0 Å². The number of halogens is 2. The summed E-state index contributed by atoms with van der Waals surface area (Å²) in [6.07, 6.45) is 0.969. The van der Waals surface area contributed by atoms with Crippen LogP contribution < -0.4 is 4.74 Å². The van der Waals surface area contributed by atoms with Gasteiger partial charge in [0.05, 0.1) is 17.5 Å². The zero-order valence-electron chi connectivity index (χ0n) is 8.59. The monoisotopic (exact) mass is 244 g/mol. The molecule has 1 N–H and O–H groups in total. The highest BCUT2D eigenvalue weighted by molar-refractivity contribution is 6.32. The minimum absolute atomic E-state index is 0.102. The van der Waals surface area contributed by atoms with Gasteiger partial charge in [-0.2, -0.15) is 0 Å². The van der Waals surface area contributed by atoms with E-state index >= 15 is 0 Å². The van der Waals surface area contributed by atoms with Gasteiger partial charge in [0, 0.05) is 5.56 Å². The maximum atomic E-state index is 13.2. The van der Waals surface area contributed by atoms with Gasteiger partial charge in [0.1, 0.15) is 11.6 Å². The van der Waals surface area contributed by atoms with Crippen molar-refractivity contribution in [3.05, 3.63) is 28.5 Å². The highest BCUT2D eigenvalue weighted by Crippen LogP contribution is 2.53. The van der Waals surface area contributed by atoms with Crippen LogP contribution in [0.1, 0.15) is 18.4 Å². The second kappa shape index (κ2) is 3.63. The Balaban J connectivity index is 2.60. The first-order chi connectivity index (χ1) is 7.51. The van der Waals surface area contributed by atoms with E-state index < -0.39 is 17.2 Å². The molecule has 0 aromatic heterocycles. The molecule has 1 aromatic carbocycles. The number of rotatable bonds is 3. The van der Waals surface area contributed by atoms with Crippen molar-refractivity contribution in [2.75, 3.05) is 7.11 Å². The van der Waals surface area contributed by atoms with Crippen LogP contribution in [0.3, 0.4) is 0 Å². The van der Waals surface area contributed by atoms with Crippen molar-refractivity contribution in [2.45, 2.75) is 18.3 Å². The van der Waals surface area contributed by atoms with Gasteiger partial charge in [-0.1, -0.05) is 11.6 Å². The second-order valence-corrected chi connectivity index (χ2v) is 4.26. The first-order valence-corrected chi connectivity index (χ1v) is 5.16. The van der Waals surface area contributed by atoms with Crippen LogP contribution in [0.4, 0.5) is 4.39 Å². The molecule has 5 heteroatoms. The van der Waals surface area contributed by atoms with Crippen molar-refractivity contribution in [3.63, 3.8) is 0 Å². The van der Waals surface area contributed by atoms with E-state index in [9.17, 15) is 9.18 Å². The summed E-state index contributed by atoms with van der Waals surface area (Å²) in [5.74, 6) is -1.26. The first-order valence-electron chi connectivity index (χ1n) is 4.78. The van der Waals surface area contributed by atoms with Crippen LogP contribution in [-0.2, 0) is 10.2 Å². The average molecular weight is 245 g/mol. The topological polar surface area (TPSA) is 46.5 Å². The van der Waals surface area contributed by atoms with Crippen LogP contribution in [0.5, 0.6) is 5.75 Å². The Morgan fingerprint density at radius 2 is 2.19 bits per heavy atom. The Labute approximate surface area is 96.8 Å². The smallest absolute Gasteiger partial charge is 0.314 e. The van der Waals surface area contributed by atoms with Crippen LogP contribution >= 0.6 is 11.6 Å². The minimum atomic E-state index is -1.02. The Hall–Kier alpha value is -1.29. The summed E-state index contributed by atoms with van der Waals surface area (Å²) in [7, 11) is 1.39. The zero-order chi connectivity index (χ0) is 11.9. The van der Waals surface area contributed by atoms with E-state index in [1.165, 1.54) is 13.2 Å². The number of benzene rings is 1. The van der Waals surface area contributed by atoms with Gasteiger partial charge in [0.25, 0.3) is 0 Å². The molecular formula is C11H10ClFO3. The normalized spacial score (nSPS) is 16.9. The number of ether oxygens (including phenoxy) is 1. The second-order valence-electron chi connectivity index (χ2n) is 3.86. The highest BCUT2D eigenvalue weighted by atomic mass is 35.5. The summed E-state index contributed by atoms with van der Waals surface area (Å²) < 4.78 is 18.3. The van der Waals surface area contributed by atoms with Crippen LogP contribution in [0.25, 0.3) is 0 Å². The fraction of sp³-hybridized carbons (Fsp3) is 0.364. The van der Waals surface area contributed by atoms with Gasteiger partial charge in [0.15, 0.2) is 0 Å². The van der Waals surface area contributed by atoms with Gasteiger partial charge in [-0.15, -0.1) is 0 Å². The molecule has 0 aliphatic heterocycles. The molecule has 86 valence electrons. The fourth-order valence-electron chi connectivity index (χ4n) is 1.85. The molecule has 0 bridgehead atoms. The van der Waals surface area contributed by atoms with E-state index in [2.05, 4.69) is 0 Å². The number of carboxylic acids is 1. The van der Waals surface area contributed by atoms with Crippen molar-refractivity contribution >= 4 is 17.6 Å². The van der Waals surface area contributed by atoms with Gasteiger partial charge in [-0.05, 0) is 25.0 Å². The van der Waals surface area contributed by atoms with Gasteiger partial charge >= 0.3 is 5.97 Å². The molecule has 1 fully saturated rings. The molecule has 0 heterocycles. The Bertz CT molecular complexity index is 455. The molecule has 1 saturated carbocycles. The molecule has 16 heavy (non-hydrogen) atoms. The van der Waals surface area contributed by atoms with Crippen molar-refractivity contribution in [1.82, 2.24) is 0 Å². The SMILES string of the molecule is COc1c(Cl)cc(F)cc1C1(C(=O)O)CC1. The van der Waals surface area contributed by atoms with E-state index in [-0.39, 0.29) is 10.8 Å². The predicted octanol–water partition coefficient (Wildman–Crippen LogP) is 2.60. The summed E-state index contributed by atoms with van der Waals surface area (Å²) >= 11 is 5.82. The number of hydrogen-bond donors (Lipinski definition) is 1. The molecule has 2 rings (SSSR count). The number of carboxylic acid groups (broad SMARTS) is 1. The lowest BCUT2D eigenvalue weighted by Crippen LogP contribution is -2.20. The Morgan fingerprint density at radius 3 is 2.62 bits per heavy atom. The maximum absolute atomic E-state index is 13.2. The largest absolute Gasteiger partial charge is 0.495 e. The number of hydrogen-bond acceptors (Lipinski definition) is 2. The molecule has 1 aliphatic rings. The molecule has 0 radical (unpaired) electrons. The van der Waals surface area contributed by atoms with E-state index in [0.717, 1.165) is 6.07 Å². The highest BCUT2D eigenvalue weighted by Gasteiger charge is 2.53. The van der Waals surface area contributed by atoms with Crippen LogP contribution in [0, 0.1) is 5.82 Å². The summed E-state index contributed by atoms with van der Waals surface area (Å²) in [4.78, 5) is 11.2. The summed E-state index contributed by atoms with van der Waals surface area (Å²) in [6.45, 7) is 0. The maximum Gasteiger partial charge on any atom is 0.314 e. The number of aliphatic carboxylic acids is 1. The van der Waals surface area contributed by atoms with Crippen molar-refractivity contribution < 1.29 is 19.0 Å². The van der Waals surface area contributed by atoms with Crippen LogP contribution in [0.2, 0.25) is 5.02 Å². The lowest BCUT2D eigenvalue weighted by Gasteiger charge is -2.15. The quantitative estimate of drug-likeness (QED) is 0.889. The predicted molar refractivity (Wildman–Crippen MR) is 56.5 cm³/mol. The molecule has 0 amide bonds. The molecule has 1 aromatic rings. The third-order valence-corrected chi connectivity index (χ3v) is 3.17. The molecule has 1 aliphatic carbocycles. The summed E-state index contributed by atoms with van der Waals surface area (Å²) in [5, 5.41) is 9.24. The van der Waals surface area contributed by atoms with Crippen molar-refractivity contribution in [2.24, 2.45) is 0 Å². The number of carbonyl (C=O) groups is 1. The molecule has 0 saturated heterocycles. The average Bonchev–Trinajstić information content (AvgIpc) is 2.97. The van der Waals surface area contributed by atoms with Crippen LogP contribution in [0.15, 0.2) is 12.1 Å². The van der Waals surface area contributed by atoms with E-state index in [4.69, 9.17) is 21.4 Å². The van der Waals surface area contributed by atoms with Crippen molar-refractivity contribution in [3.8, 4) is 5.75 Å². The van der Waals surface area contributed by atoms with Gasteiger partial charge in [-0.3, -0.25) is 4.79 Å². The van der Waals surface area contributed by atoms with E-state index in [1.54, 1.807) is 0 Å². The standard InChI is InChI=1S/C11H10ClFO3/c1-16-9-7(4-6(13)5-8(9)12)11(2-3-11)10(14)15/h4-5H,2-3H2,1H3,(H,14,15). The minimum Gasteiger partial charge on any atom is -0.495 e. The number of methoxy groups -OCH3 is 1. The van der Waals surface area contributed by atoms with Crippen LogP contribution in [-0.4, -0.2) is 18.2 Å². The van der Waals surface area contributed by atoms with E-state index in [1.807, 2.05) is 0 Å². The molecule has 0 spiro atoms. The zero-order valence-corrected chi connectivity index (χ0v) is 9.34. The molecular weight excluding hydrogens is 235 g/mol. The van der Waals surface area contributed by atoms with Gasteiger partial charge in [-0.25, -0.2) is 4.39 Å². The summed E-state index contributed by atoms with van der Waals surface area (Å²) in [6, 6.07) is 2.30. The Kier molecular flexibility index (Phi) is 2.54. The Morgan fingerprint density at radius 1 is 1.56 bits per heavy atom. The molecule has 0 atom stereocenters. The molecule has 0 unspecified atom stereocenters. The van der Waals surface area contributed by atoms with E-state index in [0.29, 0.717) is 18.4 Å². The third kappa shape index (κ3) is 1.53.